The van der Waals surface area contributed by atoms with Crippen molar-refractivity contribution in [2.75, 3.05) is 5.75 Å². The Morgan fingerprint density at radius 3 is 2.80 bits per heavy atom. The number of nitrogens with one attached hydrogen (secondary N) is 1. The molecule has 1 aliphatic heterocycles. The average molecular weight is 229 g/mol. The van der Waals surface area contributed by atoms with Crippen LogP contribution in [0.3, 0.4) is 0 Å². The Balaban J connectivity index is 2.09. The molecular weight excluding hydrogens is 210 g/mol. The number of carboxylic acid groups (broad SMARTS) is 1. The van der Waals surface area contributed by atoms with Gasteiger partial charge in [0, 0.05) is 5.75 Å². The molecule has 1 saturated carbocycles. The fourth-order valence-corrected chi connectivity index (χ4v) is 4.45. The summed E-state index contributed by atoms with van der Waals surface area (Å²) >= 11 is 1.82. The van der Waals surface area contributed by atoms with Crippen LogP contribution in [0.1, 0.15) is 33.1 Å². The van der Waals surface area contributed by atoms with Crippen molar-refractivity contribution in [1.82, 2.24) is 5.32 Å². The molecule has 3 unspecified atom stereocenters. The van der Waals surface area contributed by atoms with Crippen LogP contribution in [0.15, 0.2) is 0 Å². The highest BCUT2D eigenvalue weighted by atomic mass is 32.2. The zero-order valence-electron chi connectivity index (χ0n) is 9.32. The molecule has 0 radical (unpaired) electrons. The normalized spacial score (nSPS) is 45.9. The highest BCUT2D eigenvalue weighted by molar-refractivity contribution is 8.01. The van der Waals surface area contributed by atoms with E-state index >= 15 is 0 Å². The molecule has 2 rings (SSSR count). The lowest BCUT2D eigenvalue weighted by molar-refractivity contribution is -0.139. The molecule has 0 bridgehead atoms. The molecule has 15 heavy (non-hydrogen) atoms. The van der Waals surface area contributed by atoms with E-state index in [-0.39, 0.29) is 10.9 Å². The Labute approximate surface area is 95.0 Å². The van der Waals surface area contributed by atoms with Crippen molar-refractivity contribution in [1.29, 1.82) is 0 Å². The van der Waals surface area contributed by atoms with Gasteiger partial charge in [-0.3, -0.25) is 10.1 Å². The molecule has 1 spiro atoms. The third-order valence-corrected chi connectivity index (χ3v) is 5.47. The maximum Gasteiger partial charge on any atom is 0.321 e. The van der Waals surface area contributed by atoms with Gasteiger partial charge in [-0.15, -0.1) is 11.8 Å². The van der Waals surface area contributed by atoms with E-state index in [2.05, 4.69) is 19.2 Å². The summed E-state index contributed by atoms with van der Waals surface area (Å²) in [6, 6.07) is -0.345. The number of hydrogen-bond acceptors (Lipinski definition) is 3. The second kappa shape index (κ2) is 3.98. The second-order valence-corrected chi connectivity index (χ2v) is 6.37. The number of aliphatic carboxylic acids is 1. The van der Waals surface area contributed by atoms with Crippen molar-refractivity contribution in [3.05, 3.63) is 0 Å². The van der Waals surface area contributed by atoms with Gasteiger partial charge in [0.15, 0.2) is 0 Å². The number of carbonyl (C=O) groups is 1. The van der Waals surface area contributed by atoms with Gasteiger partial charge in [0.1, 0.15) is 6.04 Å². The van der Waals surface area contributed by atoms with Crippen molar-refractivity contribution in [3.8, 4) is 0 Å². The first-order valence-corrected chi connectivity index (χ1v) is 6.66. The van der Waals surface area contributed by atoms with Crippen LogP contribution in [0, 0.1) is 11.8 Å². The summed E-state index contributed by atoms with van der Waals surface area (Å²) in [5.74, 6) is 1.31. The maximum atomic E-state index is 10.9. The molecule has 1 aliphatic carbocycles. The van der Waals surface area contributed by atoms with Gasteiger partial charge >= 0.3 is 5.97 Å². The SMILES string of the molecule is CC1CCC(C)C2(C1)N[C@@H](C(=O)O)CS2. The summed E-state index contributed by atoms with van der Waals surface area (Å²) in [5, 5.41) is 12.4. The topological polar surface area (TPSA) is 49.3 Å². The molecule has 2 aliphatic rings. The summed E-state index contributed by atoms with van der Waals surface area (Å²) in [4.78, 5) is 11.0. The maximum absolute atomic E-state index is 10.9. The van der Waals surface area contributed by atoms with Crippen molar-refractivity contribution < 1.29 is 9.90 Å². The third kappa shape index (κ3) is 2.02. The van der Waals surface area contributed by atoms with E-state index < -0.39 is 5.97 Å². The van der Waals surface area contributed by atoms with Gasteiger partial charge in [-0.2, -0.15) is 0 Å². The van der Waals surface area contributed by atoms with Gasteiger partial charge in [0.05, 0.1) is 4.87 Å². The van der Waals surface area contributed by atoms with E-state index in [0.717, 1.165) is 6.42 Å². The molecule has 3 nitrogen and oxygen atoms in total. The molecule has 86 valence electrons. The van der Waals surface area contributed by atoms with E-state index in [1.165, 1.54) is 12.8 Å². The molecule has 2 N–H and O–H groups in total. The summed E-state index contributed by atoms with van der Waals surface area (Å²) in [6.07, 6.45) is 3.61. The summed E-state index contributed by atoms with van der Waals surface area (Å²) in [6.45, 7) is 4.51. The van der Waals surface area contributed by atoms with Crippen LogP contribution in [-0.2, 0) is 4.79 Å². The van der Waals surface area contributed by atoms with Gasteiger partial charge in [0.25, 0.3) is 0 Å². The quantitative estimate of drug-likeness (QED) is 0.721. The summed E-state index contributed by atoms with van der Waals surface area (Å²) in [5.41, 5.74) is 0. The first kappa shape index (κ1) is 11.3. The lowest BCUT2D eigenvalue weighted by Gasteiger charge is -2.42. The highest BCUT2D eigenvalue weighted by Crippen LogP contribution is 2.47. The number of thioether (sulfide) groups is 1. The molecular formula is C11H19NO2S. The standard InChI is InChI=1S/C11H19NO2S/c1-7-3-4-8(2)11(5-7)12-9(6-15-11)10(13)14/h7-9,12H,3-6H2,1-2H3,(H,13,14)/t7?,8?,9-,11?/m1/s1. The third-order valence-electron chi connectivity index (χ3n) is 3.76. The Bertz CT molecular complexity index is 271. The van der Waals surface area contributed by atoms with Crippen molar-refractivity contribution >= 4 is 17.7 Å². The minimum absolute atomic E-state index is 0.0424. The monoisotopic (exact) mass is 229 g/mol. The molecule has 1 saturated heterocycles. The molecule has 4 heteroatoms. The lowest BCUT2D eigenvalue weighted by Crippen LogP contribution is -2.51. The van der Waals surface area contributed by atoms with Crippen LogP contribution in [0.5, 0.6) is 0 Å². The number of carboxylic acids is 1. The zero-order valence-corrected chi connectivity index (χ0v) is 10.1. The fraction of sp³-hybridized carbons (Fsp3) is 0.909. The highest BCUT2D eigenvalue weighted by Gasteiger charge is 2.48. The number of rotatable bonds is 1. The lowest BCUT2D eigenvalue weighted by atomic mass is 9.79. The van der Waals surface area contributed by atoms with E-state index in [4.69, 9.17) is 5.11 Å². The van der Waals surface area contributed by atoms with Crippen LogP contribution in [0.25, 0.3) is 0 Å². The van der Waals surface area contributed by atoms with Gasteiger partial charge in [-0.05, 0) is 24.7 Å². The smallest absolute Gasteiger partial charge is 0.321 e. The van der Waals surface area contributed by atoms with E-state index in [0.29, 0.717) is 17.6 Å². The predicted octanol–water partition coefficient (Wildman–Crippen LogP) is 1.93. The Hall–Kier alpha value is -0.220. The fourth-order valence-electron chi connectivity index (χ4n) is 2.73. The Morgan fingerprint density at radius 1 is 1.47 bits per heavy atom. The van der Waals surface area contributed by atoms with E-state index in [9.17, 15) is 4.79 Å². The van der Waals surface area contributed by atoms with Crippen LogP contribution in [0.4, 0.5) is 0 Å². The molecule has 4 atom stereocenters. The van der Waals surface area contributed by atoms with Crippen LogP contribution >= 0.6 is 11.8 Å². The predicted molar refractivity (Wildman–Crippen MR) is 61.9 cm³/mol. The average Bonchev–Trinajstić information content (AvgIpc) is 2.58. The minimum Gasteiger partial charge on any atom is -0.480 e. The van der Waals surface area contributed by atoms with Crippen molar-refractivity contribution in [3.63, 3.8) is 0 Å². The van der Waals surface area contributed by atoms with Crippen LogP contribution in [0.2, 0.25) is 0 Å². The first-order valence-electron chi connectivity index (χ1n) is 5.68. The molecule has 2 fully saturated rings. The minimum atomic E-state index is -0.704. The zero-order chi connectivity index (χ0) is 11.1. The molecule has 0 aromatic heterocycles. The van der Waals surface area contributed by atoms with E-state index in [1.807, 2.05) is 11.8 Å². The summed E-state index contributed by atoms with van der Waals surface area (Å²) in [7, 11) is 0. The van der Waals surface area contributed by atoms with Crippen LogP contribution < -0.4 is 5.32 Å². The van der Waals surface area contributed by atoms with E-state index in [1.54, 1.807) is 0 Å². The van der Waals surface area contributed by atoms with Gasteiger partial charge in [0.2, 0.25) is 0 Å². The molecule has 1 heterocycles. The molecule has 0 aromatic carbocycles. The van der Waals surface area contributed by atoms with Crippen molar-refractivity contribution in [2.24, 2.45) is 11.8 Å². The summed E-state index contributed by atoms with van der Waals surface area (Å²) < 4.78 is 0. The van der Waals surface area contributed by atoms with Crippen LogP contribution in [-0.4, -0.2) is 27.7 Å². The van der Waals surface area contributed by atoms with Gasteiger partial charge < -0.3 is 5.11 Å². The van der Waals surface area contributed by atoms with Gasteiger partial charge in [-0.1, -0.05) is 20.3 Å². The second-order valence-electron chi connectivity index (χ2n) is 5.02. The molecule has 0 amide bonds. The van der Waals surface area contributed by atoms with Gasteiger partial charge in [-0.25, -0.2) is 0 Å². The Kier molecular flexibility index (Phi) is 2.99. The Morgan fingerprint density at radius 2 is 2.20 bits per heavy atom. The largest absolute Gasteiger partial charge is 0.480 e. The van der Waals surface area contributed by atoms with Crippen molar-refractivity contribution in [2.45, 2.75) is 44.0 Å². The first-order chi connectivity index (χ1) is 7.03. The molecule has 0 aromatic rings. The number of hydrogen-bond donors (Lipinski definition) is 2.